The molecule has 0 saturated carbocycles. The molecule has 0 radical (unpaired) electrons. The van der Waals surface area contributed by atoms with Crippen molar-refractivity contribution in [1.82, 2.24) is 20.1 Å². The number of aromatic nitrogens is 3. The van der Waals surface area contributed by atoms with E-state index >= 15 is 0 Å². The summed E-state index contributed by atoms with van der Waals surface area (Å²) >= 11 is 0. The van der Waals surface area contributed by atoms with Crippen molar-refractivity contribution in [3.63, 3.8) is 0 Å². The SMILES string of the molecule is CC(C)n1ncc2c(C(=O)NCc3cccc(F)c3)c3c(nc21)CCC3. The predicted octanol–water partition coefficient (Wildman–Crippen LogP) is 3.57. The van der Waals surface area contributed by atoms with Gasteiger partial charge in [-0.05, 0) is 56.4 Å². The first kappa shape index (κ1) is 16.7. The number of hydrogen-bond donors (Lipinski definition) is 1. The Labute approximate surface area is 151 Å². The molecule has 26 heavy (non-hydrogen) atoms. The van der Waals surface area contributed by atoms with Crippen LogP contribution in [0, 0.1) is 5.82 Å². The summed E-state index contributed by atoms with van der Waals surface area (Å²) in [4.78, 5) is 17.8. The summed E-state index contributed by atoms with van der Waals surface area (Å²) in [5.41, 5.74) is 4.19. The van der Waals surface area contributed by atoms with Gasteiger partial charge < -0.3 is 5.32 Å². The molecule has 3 aromatic rings. The highest BCUT2D eigenvalue weighted by Crippen LogP contribution is 2.30. The van der Waals surface area contributed by atoms with E-state index in [4.69, 9.17) is 4.98 Å². The molecule has 1 aliphatic rings. The quantitative estimate of drug-likeness (QED) is 0.781. The fourth-order valence-corrected chi connectivity index (χ4v) is 3.61. The molecule has 1 aliphatic carbocycles. The lowest BCUT2D eigenvalue weighted by molar-refractivity contribution is 0.0951. The molecule has 0 spiro atoms. The lowest BCUT2D eigenvalue weighted by Gasteiger charge is -2.12. The molecule has 4 rings (SSSR count). The standard InChI is InChI=1S/C20H21FN4O/c1-12(2)25-19-16(11-23-25)18(15-7-4-8-17(15)24-19)20(26)22-10-13-5-3-6-14(21)9-13/h3,5-6,9,11-12H,4,7-8,10H2,1-2H3,(H,22,26). The fourth-order valence-electron chi connectivity index (χ4n) is 3.61. The second-order valence-corrected chi connectivity index (χ2v) is 7.00. The summed E-state index contributed by atoms with van der Waals surface area (Å²) < 4.78 is 15.2. The first-order chi connectivity index (χ1) is 12.5. The highest BCUT2D eigenvalue weighted by Gasteiger charge is 2.26. The van der Waals surface area contributed by atoms with Gasteiger partial charge in [0.2, 0.25) is 0 Å². The number of fused-ring (bicyclic) bond motifs is 2. The number of nitrogens with one attached hydrogen (secondary N) is 1. The molecular formula is C20H21FN4O. The van der Waals surface area contributed by atoms with Crippen molar-refractivity contribution in [3.8, 4) is 0 Å². The Kier molecular flexibility index (Phi) is 4.18. The van der Waals surface area contributed by atoms with Gasteiger partial charge in [0.25, 0.3) is 5.91 Å². The van der Waals surface area contributed by atoms with Gasteiger partial charge in [0, 0.05) is 18.3 Å². The normalized spacial score (nSPS) is 13.4. The minimum Gasteiger partial charge on any atom is -0.348 e. The summed E-state index contributed by atoms with van der Waals surface area (Å²) in [5.74, 6) is -0.453. The van der Waals surface area contributed by atoms with Gasteiger partial charge >= 0.3 is 0 Å². The van der Waals surface area contributed by atoms with Gasteiger partial charge in [0.05, 0.1) is 17.1 Å². The molecule has 0 bridgehead atoms. The third-order valence-electron chi connectivity index (χ3n) is 4.83. The highest BCUT2D eigenvalue weighted by molar-refractivity contribution is 6.07. The number of hydrogen-bond acceptors (Lipinski definition) is 3. The second kappa shape index (κ2) is 6.52. The van der Waals surface area contributed by atoms with Crippen molar-refractivity contribution < 1.29 is 9.18 Å². The van der Waals surface area contributed by atoms with Gasteiger partial charge in [-0.1, -0.05) is 12.1 Å². The van der Waals surface area contributed by atoms with Gasteiger partial charge in [0.1, 0.15) is 5.82 Å². The molecule has 1 N–H and O–H groups in total. The predicted molar refractivity (Wildman–Crippen MR) is 97.5 cm³/mol. The Morgan fingerprint density at radius 1 is 1.35 bits per heavy atom. The smallest absolute Gasteiger partial charge is 0.252 e. The average molecular weight is 352 g/mol. The van der Waals surface area contributed by atoms with Crippen LogP contribution in [0.3, 0.4) is 0 Å². The molecule has 0 unspecified atom stereocenters. The zero-order valence-electron chi connectivity index (χ0n) is 14.9. The Morgan fingerprint density at radius 3 is 2.96 bits per heavy atom. The highest BCUT2D eigenvalue weighted by atomic mass is 19.1. The van der Waals surface area contributed by atoms with Gasteiger partial charge in [0.15, 0.2) is 5.65 Å². The second-order valence-electron chi connectivity index (χ2n) is 7.00. The number of benzene rings is 1. The van der Waals surface area contributed by atoms with E-state index in [1.165, 1.54) is 12.1 Å². The summed E-state index contributed by atoms with van der Waals surface area (Å²) in [5, 5.41) is 8.15. The third kappa shape index (κ3) is 2.85. The van der Waals surface area contributed by atoms with Crippen LogP contribution >= 0.6 is 0 Å². The number of pyridine rings is 1. The first-order valence-corrected chi connectivity index (χ1v) is 8.96. The minimum absolute atomic E-state index is 0.150. The zero-order chi connectivity index (χ0) is 18.3. The maximum atomic E-state index is 13.3. The van der Waals surface area contributed by atoms with Gasteiger partial charge in [-0.3, -0.25) is 4.79 Å². The van der Waals surface area contributed by atoms with Crippen molar-refractivity contribution in [2.24, 2.45) is 0 Å². The van der Waals surface area contributed by atoms with Gasteiger partial charge in [-0.25, -0.2) is 14.1 Å². The molecule has 0 aliphatic heterocycles. The van der Waals surface area contributed by atoms with Crippen LogP contribution in [0.25, 0.3) is 11.0 Å². The van der Waals surface area contributed by atoms with E-state index in [2.05, 4.69) is 10.4 Å². The van der Waals surface area contributed by atoms with Crippen molar-refractivity contribution in [3.05, 3.63) is 58.7 Å². The van der Waals surface area contributed by atoms with Crippen LogP contribution in [0.15, 0.2) is 30.5 Å². The number of halogens is 1. The van der Waals surface area contributed by atoms with E-state index < -0.39 is 0 Å². The number of amides is 1. The van der Waals surface area contributed by atoms with Crippen LogP contribution in [-0.2, 0) is 19.4 Å². The molecule has 0 atom stereocenters. The molecule has 0 saturated heterocycles. The fraction of sp³-hybridized carbons (Fsp3) is 0.350. The molecule has 1 aromatic carbocycles. The Bertz CT molecular complexity index is 993. The van der Waals surface area contributed by atoms with Crippen LogP contribution in [0.2, 0.25) is 0 Å². The van der Waals surface area contributed by atoms with Crippen LogP contribution in [0.5, 0.6) is 0 Å². The summed E-state index contributed by atoms with van der Waals surface area (Å²) in [7, 11) is 0. The summed E-state index contributed by atoms with van der Waals surface area (Å²) in [6, 6.07) is 6.44. The Balaban J connectivity index is 1.72. The van der Waals surface area contributed by atoms with E-state index in [1.54, 1.807) is 18.3 Å². The lowest BCUT2D eigenvalue weighted by atomic mass is 10.0. The number of rotatable bonds is 4. The Hall–Kier alpha value is -2.76. The first-order valence-electron chi connectivity index (χ1n) is 8.96. The molecule has 6 heteroatoms. The monoisotopic (exact) mass is 352 g/mol. The maximum Gasteiger partial charge on any atom is 0.252 e. The average Bonchev–Trinajstić information content (AvgIpc) is 3.24. The number of carbonyl (C=O) groups is 1. The molecule has 5 nitrogen and oxygen atoms in total. The summed E-state index contributed by atoms with van der Waals surface area (Å²) in [6.07, 6.45) is 4.48. The van der Waals surface area contributed by atoms with Crippen molar-refractivity contribution in [2.45, 2.75) is 45.7 Å². The van der Waals surface area contributed by atoms with Gasteiger partial charge in [-0.2, -0.15) is 5.10 Å². The van der Waals surface area contributed by atoms with E-state index in [-0.39, 0.29) is 24.3 Å². The van der Waals surface area contributed by atoms with E-state index in [0.29, 0.717) is 5.56 Å². The zero-order valence-corrected chi connectivity index (χ0v) is 14.9. The Morgan fingerprint density at radius 2 is 2.19 bits per heavy atom. The van der Waals surface area contributed by atoms with Crippen molar-refractivity contribution in [1.29, 1.82) is 0 Å². The number of aryl methyl sites for hydroxylation is 1. The topological polar surface area (TPSA) is 59.8 Å². The molecule has 0 fully saturated rings. The van der Waals surface area contributed by atoms with Crippen LogP contribution < -0.4 is 5.32 Å². The molecule has 1 amide bonds. The van der Waals surface area contributed by atoms with E-state index in [9.17, 15) is 9.18 Å². The van der Waals surface area contributed by atoms with Gasteiger partial charge in [-0.15, -0.1) is 0 Å². The van der Waals surface area contributed by atoms with Crippen LogP contribution in [0.1, 0.15) is 53.5 Å². The van der Waals surface area contributed by atoms with Crippen LogP contribution in [0.4, 0.5) is 4.39 Å². The lowest BCUT2D eigenvalue weighted by Crippen LogP contribution is -2.24. The molecule has 134 valence electrons. The maximum absolute atomic E-state index is 13.3. The largest absolute Gasteiger partial charge is 0.348 e. The van der Waals surface area contributed by atoms with Crippen LogP contribution in [-0.4, -0.2) is 20.7 Å². The number of carbonyl (C=O) groups excluding carboxylic acids is 1. The van der Waals surface area contributed by atoms with Crippen molar-refractivity contribution in [2.75, 3.05) is 0 Å². The van der Waals surface area contributed by atoms with E-state index in [1.807, 2.05) is 18.5 Å². The van der Waals surface area contributed by atoms with E-state index in [0.717, 1.165) is 47.1 Å². The third-order valence-corrected chi connectivity index (χ3v) is 4.83. The summed E-state index contributed by atoms with van der Waals surface area (Å²) in [6.45, 7) is 4.38. The molecular weight excluding hydrogens is 331 g/mol. The van der Waals surface area contributed by atoms with Crippen molar-refractivity contribution >= 4 is 16.9 Å². The minimum atomic E-state index is -0.304. The number of nitrogens with zero attached hydrogens (tertiary/aromatic N) is 3. The molecule has 2 aromatic heterocycles. The molecule has 2 heterocycles.